The Bertz CT molecular complexity index is 868. The van der Waals surface area contributed by atoms with Crippen molar-refractivity contribution in [1.29, 1.82) is 0 Å². The number of hydrogen-bond acceptors (Lipinski definition) is 4. The molecular formula is C17H18BrClN2O3S. The number of halogens is 2. The SMILES string of the molecule is COc1ccc(Br)cc1S(=O)(=O)N1CCN(c2ccccc2Cl)CC1. The van der Waals surface area contributed by atoms with Crippen LogP contribution in [-0.2, 0) is 10.0 Å². The molecule has 1 heterocycles. The number of rotatable bonds is 4. The maximum absolute atomic E-state index is 13.0. The normalized spacial score (nSPS) is 16.0. The highest BCUT2D eigenvalue weighted by Crippen LogP contribution is 2.31. The van der Waals surface area contributed by atoms with Gasteiger partial charge in [0.15, 0.2) is 0 Å². The van der Waals surface area contributed by atoms with Gasteiger partial charge in [-0.15, -0.1) is 0 Å². The molecule has 0 amide bonds. The Balaban J connectivity index is 1.81. The van der Waals surface area contributed by atoms with Gasteiger partial charge in [0.1, 0.15) is 10.6 Å². The molecule has 0 bridgehead atoms. The number of hydrogen-bond donors (Lipinski definition) is 0. The van der Waals surface area contributed by atoms with Crippen LogP contribution in [0.4, 0.5) is 5.69 Å². The number of ether oxygens (including phenoxy) is 1. The highest BCUT2D eigenvalue weighted by Gasteiger charge is 2.31. The van der Waals surface area contributed by atoms with Crippen molar-refractivity contribution < 1.29 is 13.2 Å². The molecule has 1 saturated heterocycles. The van der Waals surface area contributed by atoms with E-state index < -0.39 is 10.0 Å². The number of piperazine rings is 1. The Morgan fingerprint density at radius 3 is 2.40 bits per heavy atom. The molecule has 2 aromatic carbocycles. The predicted octanol–water partition coefficient (Wildman–Crippen LogP) is 3.62. The number of benzene rings is 2. The first-order chi connectivity index (χ1) is 11.9. The average Bonchev–Trinajstić information content (AvgIpc) is 2.62. The van der Waals surface area contributed by atoms with E-state index in [0.29, 0.717) is 41.4 Å². The second-order valence-corrected chi connectivity index (χ2v) is 8.87. The van der Waals surface area contributed by atoms with Crippen LogP contribution in [0.1, 0.15) is 0 Å². The highest BCUT2D eigenvalue weighted by atomic mass is 79.9. The van der Waals surface area contributed by atoms with Gasteiger partial charge in [-0.2, -0.15) is 4.31 Å². The van der Waals surface area contributed by atoms with Crippen LogP contribution >= 0.6 is 27.5 Å². The molecule has 0 atom stereocenters. The van der Waals surface area contributed by atoms with Gasteiger partial charge in [0.05, 0.1) is 17.8 Å². The van der Waals surface area contributed by atoms with E-state index >= 15 is 0 Å². The number of nitrogens with zero attached hydrogens (tertiary/aromatic N) is 2. The van der Waals surface area contributed by atoms with Gasteiger partial charge in [-0.1, -0.05) is 39.7 Å². The fourth-order valence-corrected chi connectivity index (χ4v) is 5.24. The molecule has 0 N–H and O–H groups in total. The minimum absolute atomic E-state index is 0.176. The average molecular weight is 446 g/mol. The van der Waals surface area contributed by atoms with Crippen molar-refractivity contribution in [2.45, 2.75) is 4.90 Å². The van der Waals surface area contributed by atoms with Gasteiger partial charge < -0.3 is 9.64 Å². The van der Waals surface area contributed by atoms with Crippen LogP contribution in [0.2, 0.25) is 5.02 Å². The lowest BCUT2D eigenvalue weighted by molar-refractivity contribution is 0.374. The summed E-state index contributed by atoms with van der Waals surface area (Å²) in [6.45, 7) is 1.95. The van der Waals surface area contributed by atoms with Crippen LogP contribution in [0, 0.1) is 0 Å². The fraction of sp³-hybridized carbons (Fsp3) is 0.294. The lowest BCUT2D eigenvalue weighted by atomic mass is 10.2. The van der Waals surface area contributed by atoms with Crippen LogP contribution in [-0.4, -0.2) is 46.0 Å². The molecule has 1 fully saturated rings. The van der Waals surface area contributed by atoms with E-state index in [2.05, 4.69) is 20.8 Å². The van der Waals surface area contributed by atoms with E-state index in [0.717, 1.165) is 5.69 Å². The summed E-state index contributed by atoms with van der Waals surface area (Å²) in [4.78, 5) is 2.28. The Morgan fingerprint density at radius 1 is 1.08 bits per heavy atom. The zero-order valence-electron chi connectivity index (χ0n) is 13.7. The van der Waals surface area contributed by atoms with Gasteiger partial charge in [0.25, 0.3) is 0 Å². The quantitative estimate of drug-likeness (QED) is 0.721. The Hall–Kier alpha value is -1.28. The van der Waals surface area contributed by atoms with Crippen molar-refractivity contribution in [3.8, 4) is 5.75 Å². The van der Waals surface area contributed by atoms with Crippen molar-refractivity contribution in [1.82, 2.24) is 4.31 Å². The number of sulfonamides is 1. The van der Waals surface area contributed by atoms with Crippen LogP contribution in [0.3, 0.4) is 0 Å². The third-order valence-corrected chi connectivity index (χ3v) is 6.91. The first kappa shape index (κ1) is 18.5. The molecular weight excluding hydrogens is 428 g/mol. The van der Waals surface area contributed by atoms with Crippen molar-refractivity contribution in [3.05, 3.63) is 52.0 Å². The number of para-hydroxylation sites is 1. The topological polar surface area (TPSA) is 49.9 Å². The maximum atomic E-state index is 13.0. The molecule has 3 rings (SSSR count). The van der Waals surface area contributed by atoms with E-state index in [9.17, 15) is 8.42 Å². The number of anilines is 1. The maximum Gasteiger partial charge on any atom is 0.246 e. The first-order valence-corrected chi connectivity index (χ1v) is 10.4. The molecule has 5 nitrogen and oxygen atoms in total. The molecule has 1 aliphatic heterocycles. The van der Waals surface area contributed by atoms with E-state index in [-0.39, 0.29) is 4.90 Å². The van der Waals surface area contributed by atoms with E-state index in [1.807, 2.05) is 24.3 Å². The van der Waals surface area contributed by atoms with Gasteiger partial charge in [-0.05, 0) is 30.3 Å². The van der Waals surface area contributed by atoms with Crippen molar-refractivity contribution in [2.75, 3.05) is 38.2 Å². The van der Waals surface area contributed by atoms with Gasteiger partial charge in [-0.25, -0.2) is 8.42 Å². The molecule has 0 spiro atoms. The van der Waals surface area contributed by atoms with Crippen LogP contribution < -0.4 is 9.64 Å². The lowest BCUT2D eigenvalue weighted by Gasteiger charge is -2.35. The van der Waals surface area contributed by atoms with Gasteiger partial charge in [-0.3, -0.25) is 0 Å². The summed E-state index contributed by atoms with van der Waals surface area (Å²) in [5, 5.41) is 0.674. The summed E-state index contributed by atoms with van der Waals surface area (Å²) >= 11 is 9.57. The molecule has 0 radical (unpaired) electrons. The van der Waals surface area contributed by atoms with Crippen LogP contribution in [0.5, 0.6) is 5.75 Å². The van der Waals surface area contributed by atoms with Gasteiger partial charge in [0, 0.05) is 30.7 Å². The Labute approximate surface area is 161 Å². The first-order valence-electron chi connectivity index (χ1n) is 7.76. The lowest BCUT2D eigenvalue weighted by Crippen LogP contribution is -2.48. The molecule has 134 valence electrons. The second kappa shape index (κ2) is 7.53. The molecule has 0 aromatic heterocycles. The van der Waals surface area contributed by atoms with Crippen molar-refractivity contribution in [3.63, 3.8) is 0 Å². The minimum atomic E-state index is -3.62. The van der Waals surface area contributed by atoms with Crippen molar-refractivity contribution >= 4 is 43.2 Å². The zero-order valence-corrected chi connectivity index (χ0v) is 16.8. The fourth-order valence-electron chi connectivity index (χ4n) is 2.87. The molecule has 1 aliphatic rings. The molecule has 0 saturated carbocycles. The molecule has 25 heavy (non-hydrogen) atoms. The minimum Gasteiger partial charge on any atom is -0.495 e. The summed E-state index contributed by atoms with van der Waals surface area (Å²) in [5.74, 6) is 0.344. The summed E-state index contributed by atoms with van der Waals surface area (Å²) in [5.41, 5.74) is 0.932. The number of methoxy groups -OCH3 is 1. The summed E-state index contributed by atoms with van der Waals surface area (Å²) in [6.07, 6.45) is 0. The largest absolute Gasteiger partial charge is 0.495 e. The van der Waals surface area contributed by atoms with Crippen LogP contribution in [0.15, 0.2) is 51.8 Å². The zero-order chi connectivity index (χ0) is 18.0. The summed E-state index contributed by atoms with van der Waals surface area (Å²) in [6, 6.07) is 12.6. The Kier molecular flexibility index (Phi) is 5.58. The molecule has 0 unspecified atom stereocenters. The van der Waals surface area contributed by atoms with Gasteiger partial charge >= 0.3 is 0 Å². The van der Waals surface area contributed by atoms with Crippen molar-refractivity contribution in [2.24, 2.45) is 0 Å². The Morgan fingerprint density at radius 2 is 1.76 bits per heavy atom. The second-order valence-electron chi connectivity index (χ2n) is 5.64. The highest BCUT2D eigenvalue weighted by molar-refractivity contribution is 9.10. The van der Waals surface area contributed by atoms with E-state index in [1.54, 1.807) is 18.2 Å². The van der Waals surface area contributed by atoms with E-state index in [4.69, 9.17) is 16.3 Å². The third-order valence-electron chi connectivity index (χ3n) is 4.18. The van der Waals surface area contributed by atoms with Gasteiger partial charge in [0.2, 0.25) is 10.0 Å². The molecule has 8 heteroatoms. The predicted molar refractivity (Wildman–Crippen MR) is 103 cm³/mol. The summed E-state index contributed by atoms with van der Waals surface area (Å²) < 4.78 is 33.4. The van der Waals surface area contributed by atoms with E-state index in [1.165, 1.54) is 11.4 Å². The van der Waals surface area contributed by atoms with Crippen LogP contribution in [0.25, 0.3) is 0 Å². The molecule has 2 aromatic rings. The molecule has 0 aliphatic carbocycles. The smallest absolute Gasteiger partial charge is 0.246 e. The monoisotopic (exact) mass is 444 g/mol. The summed E-state index contributed by atoms with van der Waals surface area (Å²) in [7, 11) is -2.15. The third kappa shape index (κ3) is 3.79. The standard InChI is InChI=1S/C17H18BrClN2O3S/c1-24-16-7-6-13(18)12-17(16)25(22,23)21-10-8-20(9-11-21)15-5-3-2-4-14(15)19/h2-7,12H,8-11H2,1H3.